The van der Waals surface area contributed by atoms with Crippen molar-refractivity contribution in [2.24, 2.45) is 0 Å². The van der Waals surface area contributed by atoms with Crippen LogP contribution >= 0.6 is 11.6 Å². The number of nitrogens with one attached hydrogen (secondary N) is 1. The van der Waals surface area contributed by atoms with Crippen LogP contribution in [-0.4, -0.2) is 47.4 Å². The maximum absolute atomic E-state index is 13.6. The van der Waals surface area contributed by atoms with E-state index in [4.69, 9.17) is 21.1 Å². The maximum Gasteiger partial charge on any atom is 0.356 e. The van der Waals surface area contributed by atoms with Crippen molar-refractivity contribution in [1.29, 1.82) is 0 Å². The van der Waals surface area contributed by atoms with Crippen LogP contribution in [0.25, 0.3) is 0 Å². The molecule has 188 valence electrons. The quantitative estimate of drug-likeness (QED) is 0.280. The summed E-state index contributed by atoms with van der Waals surface area (Å²) in [6.07, 6.45) is -1.36. The summed E-state index contributed by atoms with van der Waals surface area (Å²) in [6.45, 7) is 0.0504. The van der Waals surface area contributed by atoms with Crippen molar-refractivity contribution in [3.05, 3.63) is 119 Å². The lowest BCUT2D eigenvalue weighted by Crippen LogP contribution is -2.73. The van der Waals surface area contributed by atoms with E-state index in [2.05, 4.69) is 5.32 Å². The van der Waals surface area contributed by atoms with Crippen LogP contribution in [0.15, 0.2) is 102 Å². The molecule has 0 aliphatic carbocycles. The Morgan fingerprint density at radius 3 is 2.08 bits per heavy atom. The average Bonchev–Trinajstić information content (AvgIpc) is 2.95. The molecule has 2 aliphatic heterocycles. The summed E-state index contributed by atoms with van der Waals surface area (Å²) in [5.74, 6) is -1.44. The highest BCUT2D eigenvalue weighted by atomic mass is 35.5. The van der Waals surface area contributed by atoms with Crippen LogP contribution in [0.1, 0.15) is 22.8 Å². The zero-order valence-electron chi connectivity index (χ0n) is 19.9. The van der Waals surface area contributed by atoms with Crippen molar-refractivity contribution in [3.8, 4) is 0 Å². The number of carbonyl (C=O) groups is 3. The van der Waals surface area contributed by atoms with Crippen LogP contribution in [0.2, 0.25) is 0 Å². The number of benzene rings is 3. The number of β-lactam (4-membered cyclic amide) rings is 1. The van der Waals surface area contributed by atoms with E-state index in [0.717, 1.165) is 16.7 Å². The van der Waals surface area contributed by atoms with Gasteiger partial charge in [-0.2, -0.15) is 0 Å². The Balaban J connectivity index is 1.35. The lowest BCUT2D eigenvalue weighted by Gasteiger charge is -2.49. The van der Waals surface area contributed by atoms with Gasteiger partial charge in [0.1, 0.15) is 5.70 Å². The number of ether oxygens (including phenoxy) is 2. The minimum Gasteiger partial charge on any atom is -0.448 e. The Morgan fingerprint density at radius 1 is 0.946 bits per heavy atom. The van der Waals surface area contributed by atoms with Gasteiger partial charge in [-0.15, -0.1) is 11.6 Å². The summed E-state index contributed by atoms with van der Waals surface area (Å²) in [7, 11) is 0. The van der Waals surface area contributed by atoms with Crippen molar-refractivity contribution < 1.29 is 23.9 Å². The minimum absolute atomic E-state index is 0.00664. The van der Waals surface area contributed by atoms with Gasteiger partial charge in [0, 0.05) is 11.5 Å². The lowest BCUT2D eigenvalue weighted by molar-refractivity contribution is -0.186. The fraction of sp³-hybridized carbons (Fsp3) is 0.207. The summed E-state index contributed by atoms with van der Waals surface area (Å²) in [4.78, 5) is 40.5. The molecule has 2 amide bonds. The van der Waals surface area contributed by atoms with Crippen molar-refractivity contribution in [1.82, 2.24) is 10.2 Å². The zero-order chi connectivity index (χ0) is 25.8. The molecule has 2 heterocycles. The second kappa shape index (κ2) is 11.0. The van der Waals surface area contributed by atoms with Gasteiger partial charge in [-0.05, 0) is 16.7 Å². The number of hydrogen-bond acceptors (Lipinski definition) is 5. The number of alkyl halides is 1. The molecule has 0 radical (unpaired) electrons. The molecule has 1 saturated heterocycles. The van der Waals surface area contributed by atoms with Gasteiger partial charge in [0.15, 0.2) is 18.4 Å². The summed E-state index contributed by atoms with van der Waals surface area (Å²) in [6, 6.07) is 27.1. The second-order valence-corrected chi connectivity index (χ2v) is 9.08. The van der Waals surface area contributed by atoms with Gasteiger partial charge >= 0.3 is 5.97 Å². The van der Waals surface area contributed by atoms with Gasteiger partial charge in [0.25, 0.3) is 5.91 Å². The standard InChI is InChI=1S/C29H25ClN2O5/c30-17-22-18-36-28-24(31-23(33)16-19-10-4-1-5-11-19)27(34)32(28)25(22)29(35)37-26(20-12-6-2-7-13-20)21-14-8-3-9-15-21/h1-15,24,26,28H,16-18H2,(H,31,33)/t24-,28-/m1/s1. The van der Waals surface area contributed by atoms with Crippen molar-refractivity contribution in [3.63, 3.8) is 0 Å². The van der Waals surface area contributed by atoms with Crippen molar-refractivity contribution in [2.45, 2.75) is 24.8 Å². The molecule has 2 atom stereocenters. The molecular weight excluding hydrogens is 492 g/mol. The van der Waals surface area contributed by atoms with E-state index < -0.39 is 30.3 Å². The Bertz CT molecular complexity index is 1270. The summed E-state index contributed by atoms with van der Waals surface area (Å²) >= 11 is 6.13. The summed E-state index contributed by atoms with van der Waals surface area (Å²) in [5.41, 5.74) is 2.93. The number of amides is 2. The molecule has 8 heteroatoms. The van der Waals surface area contributed by atoms with Gasteiger partial charge in [-0.1, -0.05) is 91.0 Å². The Labute approximate surface area is 219 Å². The monoisotopic (exact) mass is 516 g/mol. The summed E-state index contributed by atoms with van der Waals surface area (Å²) < 4.78 is 11.8. The number of rotatable bonds is 8. The predicted molar refractivity (Wildman–Crippen MR) is 137 cm³/mol. The van der Waals surface area contributed by atoms with Crippen LogP contribution in [0.3, 0.4) is 0 Å². The molecule has 37 heavy (non-hydrogen) atoms. The number of hydrogen-bond donors (Lipinski definition) is 1. The molecular formula is C29H25ClN2O5. The Morgan fingerprint density at radius 2 is 1.51 bits per heavy atom. The third-order valence-corrected chi connectivity index (χ3v) is 6.68. The molecule has 1 fully saturated rings. The van der Waals surface area contributed by atoms with E-state index in [1.165, 1.54) is 4.90 Å². The molecule has 1 N–H and O–H groups in total. The van der Waals surface area contributed by atoms with Gasteiger partial charge in [-0.3, -0.25) is 14.5 Å². The lowest BCUT2D eigenvalue weighted by atomic mass is 9.98. The maximum atomic E-state index is 13.6. The largest absolute Gasteiger partial charge is 0.448 e. The molecule has 0 spiro atoms. The van der Waals surface area contributed by atoms with E-state index >= 15 is 0 Å². The van der Waals surface area contributed by atoms with Gasteiger partial charge in [0.2, 0.25) is 5.91 Å². The van der Waals surface area contributed by atoms with Crippen molar-refractivity contribution >= 4 is 29.4 Å². The molecule has 7 nitrogen and oxygen atoms in total. The van der Waals surface area contributed by atoms with Gasteiger partial charge < -0.3 is 14.8 Å². The topological polar surface area (TPSA) is 84.9 Å². The Hall–Kier alpha value is -3.94. The number of esters is 1. The van der Waals surface area contributed by atoms with E-state index in [9.17, 15) is 14.4 Å². The number of halogens is 1. The van der Waals surface area contributed by atoms with Crippen LogP contribution in [-0.2, 0) is 30.3 Å². The van der Waals surface area contributed by atoms with Crippen LogP contribution in [0, 0.1) is 0 Å². The first-order valence-corrected chi connectivity index (χ1v) is 12.5. The second-order valence-electron chi connectivity index (χ2n) is 8.81. The highest BCUT2D eigenvalue weighted by Gasteiger charge is 2.55. The molecule has 3 aromatic carbocycles. The number of carbonyl (C=O) groups excluding carboxylic acids is 3. The Kier molecular flexibility index (Phi) is 7.35. The van der Waals surface area contributed by atoms with E-state index in [1.807, 2.05) is 91.0 Å². The molecule has 0 bridgehead atoms. The first-order chi connectivity index (χ1) is 18.1. The van der Waals surface area contributed by atoms with E-state index in [1.54, 1.807) is 0 Å². The number of nitrogens with zero attached hydrogens (tertiary/aromatic N) is 1. The van der Waals surface area contributed by atoms with Crippen molar-refractivity contribution in [2.75, 3.05) is 12.5 Å². The fourth-order valence-corrected chi connectivity index (χ4v) is 4.73. The fourth-order valence-electron chi connectivity index (χ4n) is 4.53. The van der Waals surface area contributed by atoms with Gasteiger partial charge in [0.05, 0.1) is 13.0 Å². The highest BCUT2D eigenvalue weighted by molar-refractivity contribution is 6.20. The van der Waals surface area contributed by atoms with E-state index in [-0.39, 0.29) is 30.5 Å². The van der Waals surface area contributed by atoms with Crippen LogP contribution < -0.4 is 5.32 Å². The van der Waals surface area contributed by atoms with Crippen LogP contribution in [0.4, 0.5) is 0 Å². The highest BCUT2D eigenvalue weighted by Crippen LogP contribution is 2.36. The molecule has 3 aromatic rings. The first kappa shape index (κ1) is 24.7. The third-order valence-electron chi connectivity index (χ3n) is 6.36. The first-order valence-electron chi connectivity index (χ1n) is 11.9. The van der Waals surface area contributed by atoms with Crippen LogP contribution in [0.5, 0.6) is 0 Å². The zero-order valence-corrected chi connectivity index (χ0v) is 20.6. The molecule has 0 saturated carbocycles. The average molecular weight is 517 g/mol. The number of fused-ring (bicyclic) bond motifs is 1. The smallest absolute Gasteiger partial charge is 0.356 e. The SMILES string of the molecule is O=C(Cc1ccccc1)N[C@@H]1C(=O)N2C(C(=O)OC(c3ccccc3)c3ccccc3)=C(CCl)CO[C@H]12. The molecule has 0 unspecified atom stereocenters. The predicted octanol–water partition coefficient (Wildman–Crippen LogP) is 3.74. The normalized spacial score (nSPS) is 18.8. The molecule has 0 aromatic heterocycles. The van der Waals surface area contributed by atoms with E-state index in [0.29, 0.717) is 5.57 Å². The third kappa shape index (κ3) is 5.14. The van der Waals surface area contributed by atoms with Gasteiger partial charge in [-0.25, -0.2) is 4.79 Å². The molecule has 5 rings (SSSR count). The molecule has 2 aliphatic rings. The minimum atomic E-state index is -0.894. The summed E-state index contributed by atoms with van der Waals surface area (Å²) in [5, 5.41) is 2.74.